The van der Waals surface area contributed by atoms with Crippen LogP contribution in [-0.2, 0) is 94.6 Å². The number of phenolic OH excluding ortho intramolecular Hbond substituents is 3. The molecule has 6 unspecified atom stereocenters. The van der Waals surface area contributed by atoms with Gasteiger partial charge < -0.3 is 209 Å². The SMILES string of the molecule is COc1cc([C@@H]2c3cc4c(cc3C(O[C@@H]3O[C@@H]5CO[C@@H](C)O[C@H]5[C@H](O)[C@H]3O)C3COC(=O)[C@@H]32)OCO4)cc(OC)c1O.COc1cc([C@@H]2c3cc4c(cc3C(O[C@@H]3O[C@@H]5CO[C@@H](C)O[C@H]5[C@H](O)[C@H]3O)C3COC(=O)[C@@H]32)OCO4)cc(OC)c1O.COc1cc([C@@H]2c3cc4c(cc3C(O[C@@H]3O[C@@H]5CO[C@@H](C)O[C@H]5[C@H](O)[C@H]3O)C3COC(=O)[C@@H]32)OCO4)cc(OC)c1O.NCCCNCCSP(=O)(O)O.O=P(O)(O)O. The number of nitrogens with one attached hydrogen (secondary N) is 1. The van der Waals surface area contributed by atoms with Crippen molar-refractivity contribution >= 4 is 43.9 Å². The molecule has 30 atom stereocenters. The predicted octanol–water partition coefficient (Wildman–Crippen LogP) is 2.84. The molecule has 0 saturated carbocycles. The molecule has 3 aliphatic carbocycles. The van der Waals surface area contributed by atoms with E-state index < -0.39 is 215 Å². The number of carbonyl (C=O) groups excluding carboxylic acids is 3. The summed E-state index contributed by atoms with van der Waals surface area (Å²) in [5, 5.41) is 101. The number of ether oxygens (including phenoxy) is 27. The van der Waals surface area contributed by atoms with E-state index in [1.54, 1.807) is 93.6 Å². The topological polar surface area (TPSA) is 656 Å². The quantitative estimate of drug-likeness (QED) is 0.0201. The van der Waals surface area contributed by atoms with E-state index in [1.807, 2.05) is 0 Å². The van der Waals surface area contributed by atoms with Gasteiger partial charge in [-0.05, 0) is 175 Å². The maximum absolute atomic E-state index is 13.4. The maximum Gasteiger partial charge on any atom is 0.466 e. The van der Waals surface area contributed by atoms with Crippen LogP contribution in [0.25, 0.3) is 0 Å². The monoisotopic (exact) mass is 2080 g/mol. The fourth-order valence-electron chi connectivity index (χ4n) is 20.8. The maximum atomic E-state index is 13.4. The molecule has 0 radical (unpaired) electrons. The zero-order chi connectivity index (χ0) is 102. The number of aliphatic hydroxyl groups is 6. The lowest BCUT2D eigenvalue weighted by Gasteiger charge is -2.47. The number of esters is 3. The lowest BCUT2D eigenvalue weighted by atomic mass is 9.66. The van der Waals surface area contributed by atoms with Crippen LogP contribution in [0.2, 0.25) is 0 Å². The van der Waals surface area contributed by atoms with Gasteiger partial charge in [0.2, 0.25) is 37.6 Å². The van der Waals surface area contributed by atoms with E-state index in [-0.39, 0.29) is 112 Å². The Labute approximate surface area is 820 Å². The van der Waals surface area contributed by atoms with Gasteiger partial charge in [0.25, 0.3) is 0 Å². The van der Waals surface area contributed by atoms with Gasteiger partial charge in [-0.1, -0.05) is 0 Å². The van der Waals surface area contributed by atoms with Crippen LogP contribution in [0.4, 0.5) is 0 Å². The second kappa shape index (κ2) is 43.9. The van der Waals surface area contributed by atoms with Gasteiger partial charge in [-0.3, -0.25) is 14.4 Å². The summed E-state index contributed by atoms with van der Waals surface area (Å²) in [7, 11) is 3.94. The number of fused-ring (bicyclic) bond motifs is 12. The first-order chi connectivity index (χ1) is 68.4. The van der Waals surface area contributed by atoms with Crippen molar-refractivity contribution < 1.29 is 222 Å². The number of methoxy groups -OCH3 is 6. The van der Waals surface area contributed by atoms with Gasteiger partial charge in [-0.25, -0.2) is 9.13 Å². The van der Waals surface area contributed by atoms with E-state index in [4.69, 9.17) is 163 Å². The number of cyclic esters (lactones) is 3. The molecule has 15 aliphatic rings. The molecular formula is C92H114N2O46P2S. The highest BCUT2D eigenvalue weighted by Gasteiger charge is 2.61. The first-order valence-electron chi connectivity index (χ1n) is 45.8. The number of phosphoric acid groups is 1. The Balaban J connectivity index is 0.000000136. The molecule has 17 N–H and O–H groups in total. The standard InChI is InChI=1S/3C29H32O13.C5H15N2O3PS.H3O4P/c3*1-11-36-9-20-27(40-11)24(31)25(32)29(41-20)42-26-14-7-17-16(38-10-39-17)6-13(14)21(22-15(26)8-37-28(22)33)12-4-18(34-2)23(30)19(5-12)35-3;6-2-1-3-7-4-5-12-11(8,9)10;1-5(2,3)4/h3*4-7,11,15,20-22,24-27,29-32H,8-10H2,1-3H3;7H,1-6H2,(H2,8,9,10);(H3,1,2,3,4)/t3*11-,15?,20-,21-,22+,24-,25-,26?,27-,29+;;/m111../s1. The van der Waals surface area contributed by atoms with Crippen molar-refractivity contribution in [3.63, 3.8) is 0 Å². The molecule has 784 valence electrons. The average Bonchev–Trinajstić information content (AvgIpc) is 1.64. The Kier molecular flexibility index (Phi) is 32.2. The van der Waals surface area contributed by atoms with Crippen molar-refractivity contribution in [2.75, 3.05) is 128 Å². The molecule has 0 aromatic heterocycles. The third kappa shape index (κ3) is 21.6. The van der Waals surface area contributed by atoms with E-state index in [0.29, 0.717) is 115 Å². The summed E-state index contributed by atoms with van der Waals surface area (Å²) in [6, 6.07) is 20.8. The number of hydrogen-bond acceptors (Lipinski definition) is 44. The third-order valence-electron chi connectivity index (χ3n) is 27.3. The number of nitrogens with two attached hydrogens (primary N) is 1. The Morgan fingerprint density at radius 2 is 0.629 bits per heavy atom. The highest BCUT2D eigenvalue weighted by atomic mass is 32.7. The van der Waals surface area contributed by atoms with Crippen LogP contribution in [0.15, 0.2) is 72.8 Å². The summed E-state index contributed by atoms with van der Waals surface area (Å²) in [5.74, 6) is -2.65. The van der Waals surface area contributed by atoms with Crippen LogP contribution in [0.5, 0.6) is 86.2 Å². The third-order valence-corrected chi connectivity index (χ3v) is 29.6. The summed E-state index contributed by atoms with van der Waals surface area (Å²) in [5.41, 5.74) is 11.3. The molecule has 0 spiro atoms. The van der Waals surface area contributed by atoms with Crippen molar-refractivity contribution in [3.05, 3.63) is 123 Å². The van der Waals surface area contributed by atoms with Gasteiger partial charge in [0.1, 0.15) is 73.2 Å². The number of carbonyl (C=O) groups is 3. The van der Waals surface area contributed by atoms with E-state index in [1.165, 1.54) is 42.7 Å². The lowest BCUT2D eigenvalue weighted by Crippen LogP contribution is -2.63. The number of phenols is 3. The minimum absolute atomic E-state index is 0.0301. The molecule has 0 bridgehead atoms. The van der Waals surface area contributed by atoms with Crippen LogP contribution in [0, 0.1) is 35.5 Å². The zero-order valence-corrected chi connectivity index (χ0v) is 81.0. The molecule has 143 heavy (non-hydrogen) atoms. The summed E-state index contributed by atoms with van der Waals surface area (Å²) in [6.07, 6.45) is -19.5. The minimum Gasteiger partial charge on any atom is -0.502 e. The van der Waals surface area contributed by atoms with E-state index in [9.17, 15) is 64.9 Å². The Morgan fingerprint density at radius 3 is 0.874 bits per heavy atom. The molecule has 6 aromatic carbocycles. The first kappa shape index (κ1) is 105. The number of rotatable bonds is 22. The number of benzene rings is 6. The van der Waals surface area contributed by atoms with Gasteiger partial charge in [-0.15, -0.1) is 0 Å². The molecule has 48 nitrogen and oxygen atoms in total. The number of aromatic hydroxyl groups is 3. The van der Waals surface area contributed by atoms with Gasteiger partial charge >= 0.3 is 32.5 Å². The van der Waals surface area contributed by atoms with Gasteiger partial charge in [0.05, 0.1) is 118 Å². The Morgan fingerprint density at radius 1 is 0.371 bits per heavy atom. The van der Waals surface area contributed by atoms with Crippen molar-refractivity contribution in [1.82, 2.24) is 5.32 Å². The molecular weight excluding hydrogens is 1960 g/mol. The number of aliphatic hydroxyl groups excluding tert-OH is 6. The Bertz CT molecular complexity index is 5100. The molecule has 51 heteroatoms. The van der Waals surface area contributed by atoms with E-state index >= 15 is 0 Å². The fraction of sp³-hybridized carbons (Fsp3) is 0.576. The first-order valence-corrected chi connectivity index (χ1v) is 50.6. The van der Waals surface area contributed by atoms with Crippen molar-refractivity contribution in [2.24, 2.45) is 41.2 Å². The van der Waals surface area contributed by atoms with E-state index in [0.717, 1.165) is 13.0 Å². The minimum atomic E-state index is -4.64. The van der Waals surface area contributed by atoms with Crippen LogP contribution >= 0.6 is 26.0 Å². The lowest BCUT2D eigenvalue weighted by molar-refractivity contribution is -0.364. The van der Waals surface area contributed by atoms with E-state index in [2.05, 4.69) is 5.32 Å². The highest BCUT2D eigenvalue weighted by Crippen LogP contribution is 2.63. The van der Waals surface area contributed by atoms with Crippen LogP contribution in [0.1, 0.15) is 113 Å². The summed E-state index contributed by atoms with van der Waals surface area (Å²) >= 11 is 0.665. The van der Waals surface area contributed by atoms with Gasteiger partial charge in [-0.2, -0.15) is 0 Å². The molecule has 6 aromatic rings. The van der Waals surface area contributed by atoms with Crippen LogP contribution in [0.3, 0.4) is 0 Å². The molecule has 9 fully saturated rings. The van der Waals surface area contributed by atoms with Crippen molar-refractivity contribution in [2.45, 2.75) is 174 Å². The molecule has 12 aliphatic heterocycles. The number of hydrogen-bond donors (Lipinski definition) is 16. The van der Waals surface area contributed by atoms with Crippen LogP contribution in [-0.4, -0.2) is 327 Å². The zero-order valence-electron chi connectivity index (χ0n) is 78.4. The highest BCUT2D eigenvalue weighted by molar-refractivity contribution is 8.54. The van der Waals surface area contributed by atoms with Crippen molar-refractivity contribution in [1.29, 1.82) is 0 Å². The summed E-state index contributed by atoms with van der Waals surface area (Å²) in [4.78, 5) is 78.6. The summed E-state index contributed by atoms with van der Waals surface area (Å²) < 4.78 is 174. The molecule has 0 amide bonds. The van der Waals surface area contributed by atoms with Crippen molar-refractivity contribution in [3.8, 4) is 86.2 Å². The predicted molar refractivity (Wildman–Crippen MR) is 480 cm³/mol. The second-order valence-electron chi connectivity index (χ2n) is 35.7. The van der Waals surface area contributed by atoms with Gasteiger partial charge in [0.15, 0.2) is 107 Å². The smallest absolute Gasteiger partial charge is 0.466 e. The fourth-order valence-corrected chi connectivity index (χ4v) is 22.3. The van der Waals surface area contributed by atoms with Gasteiger partial charge in [0, 0.05) is 47.8 Å². The molecule has 12 heterocycles. The molecule has 21 rings (SSSR count). The largest absolute Gasteiger partial charge is 0.502 e. The Hall–Kier alpha value is -9.46. The van der Waals surface area contributed by atoms with Crippen LogP contribution < -0.4 is 67.9 Å². The molecule has 9 saturated heterocycles. The second-order valence-corrected chi connectivity index (χ2v) is 40.6. The normalized spacial score (nSPS) is 33.5. The summed E-state index contributed by atoms with van der Waals surface area (Å²) in [6.45, 7) is 3.96. The average molecular weight is 2080 g/mol.